The Bertz CT molecular complexity index is 674. The van der Waals surface area contributed by atoms with Crippen LogP contribution in [0.1, 0.15) is 6.92 Å². The average Bonchev–Trinajstić information content (AvgIpc) is 2.91. The van der Waals surface area contributed by atoms with Gasteiger partial charge < -0.3 is 49.6 Å². The zero-order valence-electron chi connectivity index (χ0n) is 15.2. The van der Waals surface area contributed by atoms with Crippen LogP contribution in [0, 0.1) is 5.92 Å². The van der Waals surface area contributed by atoms with E-state index < -0.39 is 67.2 Å². The average molecular weight is 404 g/mol. The molecule has 0 spiro atoms. The van der Waals surface area contributed by atoms with Crippen molar-refractivity contribution in [2.45, 2.75) is 55.6 Å². The fourth-order valence-electron chi connectivity index (χ4n) is 3.81. The number of esters is 1. The van der Waals surface area contributed by atoms with Crippen LogP contribution in [0.25, 0.3) is 0 Å². The molecule has 0 amide bonds. The van der Waals surface area contributed by atoms with Crippen LogP contribution in [0.4, 0.5) is 0 Å². The molecule has 0 aromatic heterocycles. The smallest absolute Gasteiger partial charge is 0.339 e. The molecule has 158 valence electrons. The van der Waals surface area contributed by atoms with Gasteiger partial charge in [0.05, 0.1) is 19.6 Å². The molecule has 2 heterocycles. The first kappa shape index (κ1) is 21.1. The topological polar surface area (TPSA) is 175 Å². The van der Waals surface area contributed by atoms with Crippen molar-refractivity contribution in [3.05, 3.63) is 23.5 Å². The van der Waals surface area contributed by atoms with E-state index in [0.717, 1.165) is 13.4 Å². The molecule has 0 bridgehead atoms. The van der Waals surface area contributed by atoms with Crippen molar-refractivity contribution >= 4 is 5.97 Å². The van der Waals surface area contributed by atoms with Crippen LogP contribution in [0.5, 0.6) is 0 Å². The molecule has 1 aliphatic carbocycles. The number of methoxy groups -OCH3 is 1. The normalized spacial score (nSPS) is 45.6. The second-order valence-electron chi connectivity index (χ2n) is 7.02. The van der Waals surface area contributed by atoms with Crippen LogP contribution in [0.3, 0.4) is 0 Å². The number of carbonyl (C=O) groups excluding carboxylic acids is 1. The molecule has 0 aromatic carbocycles. The van der Waals surface area contributed by atoms with Crippen molar-refractivity contribution in [2.24, 2.45) is 5.92 Å². The summed E-state index contributed by atoms with van der Waals surface area (Å²) in [4.78, 5) is 12.0. The first-order valence-electron chi connectivity index (χ1n) is 8.65. The zero-order chi connectivity index (χ0) is 20.8. The van der Waals surface area contributed by atoms with E-state index in [2.05, 4.69) is 4.74 Å². The van der Waals surface area contributed by atoms with E-state index in [9.17, 15) is 35.4 Å². The lowest BCUT2D eigenvalue weighted by atomic mass is 9.78. The van der Waals surface area contributed by atoms with Crippen molar-refractivity contribution < 1.29 is 54.4 Å². The maximum atomic E-state index is 12.0. The Morgan fingerprint density at radius 1 is 1.18 bits per heavy atom. The first-order valence-corrected chi connectivity index (χ1v) is 8.65. The molecule has 1 saturated heterocycles. The van der Waals surface area contributed by atoms with E-state index in [0.29, 0.717) is 5.57 Å². The second kappa shape index (κ2) is 7.69. The fourth-order valence-corrected chi connectivity index (χ4v) is 3.81. The van der Waals surface area contributed by atoms with E-state index in [1.165, 1.54) is 6.08 Å². The Labute approximate surface area is 160 Å². The second-order valence-corrected chi connectivity index (χ2v) is 7.02. The summed E-state index contributed by atoms with van der Waals surface area (Å²) >= 11 is 0. The maximum Gasteiger partial charge on any atom is 0.339 e. The minimum Gasteiger partial charge on any atom is -0.471 e. The van der Waals surface area contributed by atoms with Gasteiger partial charge in [-0.05, 0) is 6.92 Å². The van der Waals surface area contributed by atoms with Gasteiger partial charge in [0.2, 0.25) is 6.29 Å². The van der Waals surface area contributed by atoms with E-state index in [1.807, 2.05) is 0 Å². The standard InChI is InChI=1S/C17H24O11/c1-6-3-9(19)17(24)7(14(23)25-2)5-26-15(10(6)17)28-16-13(22)12(21)11(20)8(4-18)27-16/h3,5,8-13,15-16,18-22,24H,4H2,1-2H3/t8-,9+,10-,11-,12+,13-,15+,16+,17+/m1/s1. The summed E-state index contributed by atoms with van der Waals surface area (Å²) in [6.45, 7) is 0.937. The summed E-state index contributed by atoms with van der Waals surface area (Å²) in [7, 11) is 1.11. The molecule has 6 N–H and O–H groups in total. The van der Waals surface area contributed by atoms with Gasteiger partial charge >= 0.3 is 5.97 Å². The van der Waals surface area contributed by atoms with E-state index in [1.54, 1.807) is 6.92 Å². The van der Waals surface area contributed by atoms with E-state index in [4.69, 9.17) is 14.2 Å². The molecule has 1 fully saturated rings. The minimum absolute atomic E-state index is 0.311. The van der Waals surface area contributed by atoms with Gasteiger partial charge in [-0.3, -0.25) is 0 Å². The molecule has 0 unspecified atom stereocenters. The third-order valence-corrected chi connectivity index (χ3v) is 5.38. The van der Waals surface area contributed by atoms with Crippen molar-refractivity contribution in [2.75, 3.05) is 13.7 Å². The highest BCUT2D eigenvalue weighted by Crippen LogP contribution is 2.47. The highest BCUT2D eigenvalue weighted by atomic mass is 16.8. The van der Waals surface area contributed by atoms with Gasteiger partial charge in [-0.15, -0.1) is 0 Å². The molecule has 0 radical (unpaired) electrons. The molecule has 11 heteroatoms. The first-order chi connectivity index (χ1) is 13.2. The van der Waals surface area contributed by atoms with Crippen LogP contribution in [-0.2, 0) is 23.7 Å². The number of aliphatic hydroxyl groups excluding tert-OH is 5. The molecule has 11 nitrogen and oxygen atoms in total. The molecule has 0 aromatic rings. The van der Waals surface area contributed by atoms with Gasteiger partial charge in [0, 0.05) is 0 Å². The minimum atomic E-state index is -2.10. The molecular weight excluding hydrogens is 380 g/mol. The van der Waals surface area contributed by atoms with Gasteiger partial charge in [0.1, 0.15) is 48.0 Å². The highest BCUT2D eigenvalue weighted by Gasteiger charge is 2.60. The summed E-state index contributed by atoms with van der Waals surface area (Å²) < 4.78 is 20.9. The Hall–Kier alpha value is -1.57. The summed E-state index contributed by atoms with van der Waals surface area (Å²) in [5.74, 6) is -1.96. The van der Waals surface area contributed by atoms with Crippen LogP contribution < -0.4 is 0 Å². The number of fused-ring (bicyclic) bond motifs is 1. The van der Waals surface area contributed by atoms with Crippen LogP contribution in [-0.4, -0.2) is 99.0 Å². The third kappa shape index (κ3) is 3.13. The summed E-state index contributed by atoms with van der Waals surface area (Å²) in [5.41, 5.74) is -1.97. The van der Waals surface area contributed by atoms with Gasteiger partial charge in [0.15, 0.2) is 6.29 Å². The molecule has 0 saturated carbocycles. The highest BCUT2D eigenvalue weighted by molar-refractivity contribution is 5.91. The molecule has 28 heavy (non-hydrogen) atoms. The Kier molecular flexibility index (Phi) is 5.81. The van der Waals surface area contributed by atoms with E-state index in [-0.39, 0.29) is 5.57 Å². The van der Waals surface area contributed by atoms with Crippen molar-refractivity contribution in [1.29, 1.82) is 0 Å². The lowest BCUT2D eigenvalue weighted by molar-refractivity contribution is -0.344. The Morgan fingerprint density at radius 2 is 1.86 bits per heavy atom. The van der Waals surface area contributed by atoms with Crippen LogP contribution in [0.2, 0.25) is 0 Å². The number of aliphatic hydroxyl groups is 6. The SMILES string of the molecule is COC(=O)C1=CO[C@@H](O[C@@H]2O[C@H](CO)[C@@H](O)[C@H](O)[C@H]2O)[C@H]2C(C)=C[C@H](O)[C@@]12O. The fraction of sp³-hybridized carbons (Fsp3) is 0.706. The Balaban J connectivity index is 1.88. The number of rotatable bonds is 4. The summed E-state index contributed by atoms with van der Waals surface area (Å²) in [5, 5.41) is 60.6. The molecule has 2 aliphatic heterocycles. The lowest BCUT2D eigenvalue weighted by Crippen LogP contribution is -2.61. The van der Waals surface area contributed by atoms with Gasteiger partial charge in [0.25, 0.3) is 0 Å². The molecule has 3 aliphatic rings. The number of ether oxygens (including phenoxy) is 4. The third-order valence-electron chi connectivity index (χ3n) is 5.38. The van der Waals surface area contributed by atoms with Gasteiger partial charge in [-0.1, -0.05) is 11.6 Å². The summed E-state index contributed by atoms with van der Waals surface area (Å²) in [6, 6.07) is 0. The molecular formula is C17H24O11. The maximum absolute atomic E-state index is 12.0. The summed E-state index contributed by atoms with van der Waals surface area (Å²) in [6.07, 6.45) is -8.18. The zero-order valence-corrected chi connectivity index (χ0v) is 15.2. The van der Waals surface area contributed by atoms with Gasteiger partial charge in [-0.2, -0.15) is 0 Å². The molecule has 3 rings (SSSR count). The predicted octanol–water partition coefficient (Wildman–Crippen LogP) is -3.12. The largest absolute Gasteiger partial charge is 0.471 e. The molecule has 9 atom stereocenters. The monoisotopic (exact) mass is 404 g/mol. The number of hydrogen-bond acceptors (Lipinski definition) is 11. The van der Waals surface area contributed by atoms with Crippen molar-refractivity contribution in [1.82, 2.24) is 0 Å². The number of hydrogen-bond donors (Lipinski definition) is 6. The number of carbonyl (C=O) groups is 1. The quantitative estimate of drug-likeness (QED) is 0.207. The lowest BCUT2D eigenvalue weighted by Gasteiger charge is -2.45. The van der Waals surface area contributed by atoms with Crippen LogP contribution >= 0.6 is 0 Å². The van der Waals surface area contributed by atoms with Crippen molar-refractivity contribution in [3.63, 3.8) is 0 Å². The van der Waals surface area contributed by atoms with Crippen molar-refractivity contribution in [3.8, 4) is 0 Å². The Morgan fingerprint density at radius 3 is 2.46 bits per heavy atom. The van der Waals surface area contributed by atoms with Gasteiger partial charge in [-0.25, -0.2) is 4.79 Å². The van der Waals surface area contributed by atoms with E-state index >= 15 is 0 Å². The van der Waals surface area contributed by atoms with Crippen LogP contribution in [0.15, 0.2) is 23.5 Å². The predicted molar refractivity (Wildman–Crippen MR) is 88.0 cm³/mol.